The fraction of sp³-hybridized carbons (Fsp3) is 0.273. The van der Waals surface area contributed by atoms with E-state index in [9.17, 15) is 9.59 Å². The molecule has 0 aromatic heterocycles. The Hall–Kier alpha value is -1.69. The molecule has 0 aliphatic carbocycles. The Bertz CT molecular complexity index is 392. The second kappa shape index (κ2) is 6.80. The van der Waals surface area contributed by atoms with E-state index in [0.717, 1.165) is 10.6 Å². The van der Waals surface area contributed by atoms with E-state index in [4.69, 9.17) is 10.5 Å². The lowest BCUT2D eigenvalue weighted by Gasteiger charge is -2.03. The van der Waals surface area contributed by atoms with E-state index >= 15 is 0 Å². The number of urea groups is 1. The number of imide groups is 1. The lowest BCUT2D eigenvalue weighted by Crippen LogP contribution is -2.35. The number of hydrogen-bond acceptors (Lipinski definition) is 4. The minimum atomic E-state index is -0.815. The van der Waals surface area contributed by atoms with Crippen LogP contribution < -0.4 is 15.8 Å². The molecular weight excluding hydrogens is 240 g/mol. The van der Waals surface area contributed by atoms with Gasteiger partial charge in [-0.1, -0.05) is 0 Å². The molecule has 1 rings (SSSR count). The molecule has 0 unspecified atom stereocenters. The van der Waals surface area contributed by atoms with Gasteiger partial charge in [0.2, 0.25) is 5.91 Å². The SMILES string of the molecule is COc1ccc(SCCC(=O)NC(N)=O)cc1. The first kappa shape index (κ1) is 13.4. The third-order valence-corrected chi connectivity index (χ3v) is 2.93. The molecule has 17 heavy (non-hydrogen) atoms. The summed E-state index contributed by atoms with van der Waals surface area (Å²) in [6.07, 6.45) is 0.250. The third-order valence-electron chi connectivity index (χ3n) is 1.92. The minimum absolute atomic E-state index is 0.250. The Kier molecular flexibility index (Phi) is 5.35. The molecule has 5 nitrogen and oxygen atoms in total. The first-order valence-electron chi connectivity index (χ1n) is 4.98. The average molecular weight is 254 g/mol. The van der Waals surface area contributed by atoms with Gasteiger partial charge in [0, 0.05) is 17.1 Å². The van der Waals surface area contributed by atoms with Crippen LogP contribution in [0.1, 0.15) is 6.42 Å². The molecule has 1 aromatic rings. The van der Waals surface area contributed by atoms with Crippen LogP contribution in [-0.4, -0.2) is 24.8 Å². The van der Waals surface area contributed by atoms with Crippen molar-refractivity contribution < 1.29 is 14.3 Å². The summed E-state index contributed by atoms with van der Waals surface area (Å²) in [5, 5.41) is 2.01. The van der Waals surface area contributed by atoms with Crippen molar-refractivity contribution in [3.63, 3.8) is 0 Å². The fourth-order valence-corrected chi connectivity index (χ4v) is 1.99. The Morgan fingerprint density at radius 1 is 1.35 bits per heavy atom. The fourth-order valence-electron chi connectivity index (χ4n) is 1.13. The van der Waals surface area contributed by atoms with Crippen molar-refractivity contribution in [2.75, 3.05) is 12.9 Å². The molecular formula is C11H14N2O3S. The van der Waals surface area contributed by atoms with Crippen molar-refractivity contribution >= 4 is 23.7 Å². The zero-order chi connectivity index (χ0) is 12.7. The van der Waals surface area contributed by atoms with Gasteiger partial charge in [0.05, 0.1) is 7.11 Å². The number of methoxy groups -OCH3 is 1. The number of carbonyl (C=O) groups is 2. The second-order valence-corrected chi connectivity index (χ2v) is 4.35. The monoisotopic (exact) mass is 254 g/mol. The van der Waals surface area contributed by atoms with Gasteiger partial charge >= 0.3 is 6.03 Å². The van der Waals surface area contributed by atoms with Gasteiger partial charge in [0.25, 0.3) is 0 Å². The summed E-state index contributed by atoms with van der Waals surface area (Å²) in [6, 6.07) is 6.72. The second-order valence-electron chi connectivity index (χ2n) is 3.19. The van der Waals surface area contributed by atoms with Gasteiger partial charge in [-0.25, -0.2) is 4.79 Å². The number of ether oxygens (including phenoxy) is 1. The number of primary amides is 1. The molecule has 0 heterocycles. The molecule has 0 bridgehead atoms. The number of nitrogens with two attached hydrogens (primary N) is 1. The quantitative estimate of drug-likeness (QED) is 0.778. The van der Waals surface area contributed by atoms with E-state index in [1.165, 1.54) is 11.8 Å². The molecule has 0 aliphatic rings. The number of thioether (sulfide) groups is 1. The molecule has 3 N–H and O–H groups in total. The maximum Gasteiger partial charge on any atom is 0.318 e. The summed E-state index contributed by atoms with van der Waals surface area (Å²) in [6.45, 7) is 0. The molecule has 0 atom stereocenters. The third kappa shape index (κ3) is 5.26. The summed E-state index contributed by atoms with van der Waals surface area (Å²) < 4.78 is 5.03. The molecule has 1 aromatic carbocycles. The van der Waals surface area contributed by atoms with E-state index in [2.05, 4.69) is 0 Å². The largest absolute Gasteiger partial charge is 0.497 e. The van der Waals surface area contributed by atoms with E-state index in [0.29, 0.717) is 5.75 Å². The Morgan fingerprint density at radius 3 is 2.53 bits per heavy atom. The highest BCUT2D eigenvalue weighted by atomic mass is 32.2. The molecule has 0 saturated carbocycles. The smallest absolute Gasteiger partial charge is 0.318 e. The number of amides is 3. The van der Waals surface area contributed by atoms with Crippen molar-refractivity contribution in [3.05, 3.63) is 24.3 Å². The lowest BCUT2D eigenvalue weighted by atomic mass is 10.3. The minimum Gasteiger partial charge on any atom is -0.497 e. The maximum absolute atomic E-state index is 11.1. The normalized spacial score (nSPS) is 9.71. The van der Waals surface area contributed by atoms with Gasteiger partial charge in [-0.05, 0) is 24.3 Å². The van der Waals surface area contributed by atoms with Gasteiger partial charge in [-0.2, -0.15) is 0 Å². The van der Waals surface area contributed by atoms with Crippen LogP contribution in [0, 0.1) is 0 Å². The van der Waals surface area contributed by atoms with Crippen LogP contribution in [0.15, 0.2) is 29.2 Å². The highest BCUT2D eigenvalue weighted by Gasteiger charge is 2.04. The molecule has 3 amide bonds. The van der Waals surface area contributed by atoms with Crippen LogP contribution in [0.2, 0.25) is 0 Å². The van der Waals surface area contributed by atoms with Crippen LogP contribution in [-0.2, 0) is 4.79 Å². The van der Waals surface area contributed by atoms with E-state index in [1.807, 2.05) is 29.6 Å². The van der Waals surface area contributed by atoms with Gasteiger partial charge in [0.15, 0.2) is 0 Å². The maximum atomic E-state index is 11.1. The first-order chi connectivity index (χ1) is 8.11. The van der Waals surface area contributed by atoms with E-state index < -0.39 is 6.03 Å². The number of rotatable bonds is 5. The highest BCUT2D eigenvalue weighted by Crippen LogP contribution is 2.21. The Morgan fingerprint density at radius 2 is 2.00 bits per heavy atom. The molecule has 0 radical (unpaired) electrons. The highest BCUT2D eigenvalue weighted by molar-refractivity contribution is 7.99. The Labute approximate surface area is 104 Å². The average Bonchev–Trinajstić information content (AvgIpc) is 2.29. The molecule has 92 valence electrons. The molecule has 6 heteroatoms. The molecule has 0 spiro atoms. The van der Waals surface area contributed by atoms with Gasteiger partial charge in [-0.15, -0.1) is 11.8 Å². The predicted molar refractivity (Wildman–Crippen MR) is 66.1 cm³/mol. The van der Waals surface area contributed by atoms with Crippen molar-refractivity contribution in [3.8, 4) is 5.75 Å². The summed E-state index contributed by atoms with van der Waals surface area (Å²) in [5.74, 6) is 1.02. The van der Waals surface area contributed by atoms with Crippen LogP contribution in [0.3, 0.4) is 0 Å². The lowest BCUT2D eigenvalue weighted by molar-refractivity contribution is -0.119. The van der Waals surface area contributed by atoms with Crippen LogP contribution in [0.4, 0.5) is 4.79 Å². The molecule has 0 saturated heterocycles. The van der Waals surface area contributed by atoms with Crippen LogP contribution in [0.25, 0.3) is 0 Å². The molecule has 0 aliphatic heterocycles. The van der Waals surface area contributed by atoms with Crippen molar-refractivity contribution in [2.45, 2.75) is 11.3 Å². The summed E-state index contributed by atoms with van der Waals surface area (Å²) >= 11 is 1.53. The van der Waals surface area contributed by atoms with Crippen LogP contribution >= 0.6 is 11.8 Å². The zero-order valence-corrected chi connectivity index (χ0v) is 10.3. The number of hydrogen-bond donors (Lipinski definition) is 2. The topological polar surface area (TPSA) is 81.4 Å². The van der Waals surface area contributed by atoms with Crippen molar-refractivity contribution in [2.24, 2.45) is 5.73 Å². The number of carbonyl (C=O) groups excluding carboxylic acids is 2. The number of benzene rings is 1. The van der Waals surface area contributed by atoms with Crippen LogP contribution in [0.5, 0.6) is 5.75 Å². The number of nitrogens with one attached hydrogen (secondary N) is 1. The van der Waals surface area contributed by atoms with Crippen molar-refractivity contribution in [1.82, 2.24) is 5.32 Å². The van der Waals surface area contributed by atoms with Crippen molar-refractivity contribution in [1.29, 1.82) is 0 Å². The summed E-state index contributed by atoms with van der Waals surface area (Å²) in [4.78, 5) is 22.5. The zero-order valence-electron chi connectivity index (χ0n) is 9.43. The van der Waals surface area contributed by atoms with Gasteiger partial charge in [0.1, 0.15) is 5.75 Å². The summed E-state index contributed by atoms with van der Waals surface area (Å²) in [7, 11) is 1.61. The first-order valence-corrected chi connectivity index (χ1v) is 5.96. The summed E-state index contributed by atoms with van der Waals surface area (Å²) in [5.41, 5.74) is 4.82. The van der Waals surface area contributed by atoms with E-state index in [1.54, 1.807) is 7.11 Å². The Balaban J connectivity index is 2.30. The molecule has 0 fully saturated rings. The van der Waals surface area contributed by atoms with E-state index in [-0.39, 0.29) is 12.3 Å². The predicted octanol–water partition coefficient (Wildman–Crippen LogP) is 1.37. The van der Waals surface area contributed by atoms with Gasteiger partial charge in [-0.3, -0.25) is 10.1 Å². The standard InChI is InChI=1S/C11H14N2O3S/c1-16-8-2-4-9(5-3-8)17-7-6-10(14)13-11(12)15/h2-5H,6-7H2,1H3,(H3,12,13,14,15). The van der Waals surface area contributed by atoms with Gasteiger partial charge < -0.3 is 10.5 Å².